The van der Waals surface area contributed by atoms with Crippen LogP contribution in [-0.2, 0) is 0 Å². The average molecular weight is 210 g/mol. The van der Waals surface area contributed by atoms with Gasteiger partial charge < -0.3 is 0 Å². The maximum atomic E-state index is 12.6. The molecule has 0 rings (SSSR count). The van der Waals surface area contributed by atoms with E-state index in [1.807, 2.05) is 6.92 Å². The van der Waals surface area contributed by atoms with Crippen molar-refractivity contribution in [3.05, 3.63) is 23.1 Å². The van der Waals surface area contributed by atoms with Gasteiger partial charge >= 0.3 is 0 Å². The Morgan fingerprint density at radius 1 is 1.50 bits per heavy atom. The Morgan fingerprint density at radius 2 is 2.08 bits per heavy atom. The van der Waals surface area contributed by atoms with Gasteiger partial charge in [0, 0.05) is 0 Å². The van der Waals surface area contributed by atoms with Crippen LogP contribution in [-0.4, -0.2) is 5.17 Å². The van der Waals surface area contributed by atoms with Gasteiger partial charge in [-0.2, -0.15) is 0 Å². The van der Waals surface area contributed by atoms with Crippen LogP contribution in [0.3, 0.4) is 0 Å². The van der Waals surface area contributed by atoms with E-state index >= 15 is 0 Å². The normalized spacial score (nSPS) is 15.2. The highest BCUT2D eigenvalue weighted by Crippen LogP contribution is 2.11. The fraction of sp³-hybridized carbons (Fsp3) is 0.375. The smallest absolute Gasteiger partial charge is 0.166 e. The molecule has 12 heavy (non-hydrogen) atoms. The first kappa shape index (κ1) is 11.7. The summed E-state index contributed by atoms with van der Waals surface area (Å²) < 4.78 is 12.6. The van der Waals surface area contributed by atoms with Gasteiger partial charge in [0.05, 0.1) is 0 Å². The van der Waals surface area contributed by atoms with Crippen LogP contribution in [0.4, 0.5) is 4.39 Å². The first-order valence-corrected chi connectivity index (χ1v) is 4.29. The molecular weight excluding hydrogens is 200 g/mol. The van der Waals surface area contributed by atoms with Crippen molar-refractivity contribution in [1.82, 2.24) is 0 Å². The number of hydrogen-bond acceptors (Lipinski definition) is 1. The molecule has 0 bridgehead atoms. The SMILES string of the molecule is CC=C(F)C(Cl)=NC(Cl)=CCC. The molecular formula is C8H10Cl2FN. The first-order chi connectivity index (χ1) is 5.61. The van der Waals surface area contributed by atoms with Gasteiger partial charge in [0.2, 0.25) is 0 Å². The van der Waals surface area contributed by atoms with E-state index in [1.54, 1.807) is 6.08 Å². The van der Waals surface area contributed by atoms with E-state index in [2.05, 4.69) is 4.99 Å². The van der Waals surface area contributed by atoms with Crippen LogP contribution >= 0.6 is 23.2 Å². The zero-order chi connectivity index (χ0) is 9.56. The number of aliphatic imine (C=N–C) groups is 1. The van der Waals surface area contributed by atoms with Crippen molar-refractivity contribution >= 4 is 28.4 Å². The summed E-state index contributed by atoms with van der Waals surface area (Å²) in [5.74, 6) is -0.570. The standard InChI is InChI=1S/C8H10Cl2FN/c1-3-5-7(9)12-8(10)6(11)4-2/h4-5H,3H2,1-2H3. The second-order valence-electron chi connectivity index (χ2n) is 1.97. The molecule has 0 aliphatic carbocycles. The van der Waals surface area contributed by atoms with E-state index < -0.39 is 5.83 Å². The lowest BCUT2D eigenvalue weighted by Gasteiger charge is -1.92. The van der Waals surface area contributed by atoms with Crippen molar-refractivity contribution < 1.29 is 4.39 Å². The molecule has 0 radical (unpaired) electrons. The fourth-order valence-corrected chi connectivity index (χ4v) is 0.963. The maximum absolute atomic E-state index is 12.6. The summed E-state index contributed by atoms with van der Waals surface area (Å²) in [5, 5.41) is -0.00769. The maximum Gasteiger partial charge on any atom is 0.166 e. The van der Waals surface area contributed by atoms with E-state index in [1.165, 1.54) is 13.0 Å². The fourth-order valence-electron chi connectivity index (χ4n) is 0.480. The van der Waals surface area contributed by atoms with Crippen molar-refractivity contribution in [3.63, 3.8) is 0 Å². The Bertz CT molecular complexity index is 231. The zero-order valence-corrected chi connectivity index (χ0v) is 8.45. The third kappa shape index (κ3) is 4.52. The lowest BCUT2D eigenvalue weighted by atomic mass is 10.5. The van der Waals surface area contributed by atoms with Crippen molar-refractivity contribution in [3.8, 4) is 0 Å². The van der Waals surface area contributed by atoms with Gasteiger partial charge in [0.15, 0.2) is 11.0 Å². The topological polar surface area (TPSA) is 12.4 Å². The predicted octanol–water partition coefficient (Wildman–Crippen LogP) is 3.99. The monoisotopic (exact) mass is 209 g/mol. The molecule has 0 heterocycles. The zero-order valence-electron chi connectivity index (χ0n) is 6.94. The van der Waals surface area contributed by atoms with Crippen molar-refractivity contribution in [2.45, 2.75) is 20.3 Å². The van der Waals surface area contributed by atoms with E-state index in [9.17, 15) is 4.39 Å². The molecule has 0 saturated carbocycles. The summed E-state index contributed by atoms with van der Waals surface area (Å²) in [4.78, 5) is 3.60. The molecule has 0 aromatic rings. The van der Waals surface area contributed by atoms with Gasteiger partial charge in [-0.1, -0.05) is 30.1 Å². The Morgan fingerprint density at radius 3 is 2.50 bits per heavy atom. The highest BCUT2D eigenvalue weighted by molar-refractivity contribution is 6.69. The molecule has 4 heteroatoms. The molecule has 0 amide bonds. The summed E-state index contributed by atoms with van der Waals surface area (Å²) in [5.41, 5.74) is 0. The van der Waals surface area contributed by atoms with Gasteiger partial charge in [0.25, 0.3) is 0 Å². The van der Waals surface area contributed by atoms with Gasteiger partial charge in [-0.3, -0.25) is 0 Å². The second kappa shape index (κ2) is 6.21. The van der Waals surface area contributed by atoms with Gasteiger partial charge in [-0.25, -0.2) is 9.38 Å². The molecule has 0 fully saturated rings. The number of halogens is 3. The molecule has 1 nitrogen and oxygen atoms in total. The van der Waals surface area contributed by atoms with Crippen LogP contribution in [0, 0.1) is 0 Å². The lowest BCUT2D eigenvalue weighted by molar-refractivity contribution is 0.682. The highest BCUT2D eigenvalue weighted by Gasteiger charge is 2.00. The average Bonchev–Trinajstić information content (AvgIpc) is 2.03. The molecule has 0 atom stereocenters. The highest BCUT2D eigenvalue weighted by atomic mass is 35.5. The molecule has 0 aliphatic heterocycles. The number of allylic oxidation sites excluding steroid dienone is 3. The largest absolute Gasteiger partial charge is 0.222 e. The Balaban J connectivity index is 4.46. The Labute approximate surface area is 81.6 Å². The molecule has 0 aromatic heterocycles. The van der Waals surface area contributed by atoms with Crippen LogP contribution in [0.25, 0.3) is 0 Å². The summed E-state index contributed by atoms with van der Waals surface area (Å²) in [7, 11) is 0. The Kier molecular flexibility index (Phi) is 6.03. The van der Waals surface area contributed by atoms with Gasteiger partial charge in [0.1, 0.15) is 5.16 Å². The van der Waals surface area contributed by atoms with Crippen LogP contribution in [0.15, 0.2) is 28.1 Å². The third-order valence-electron chi connectivity index (χ3n) is 1.03. The van der Waals surface area contributed by atoms with E-state index in [0.29, 0.717) is 0 Å². The van der Waals surface area contributed by atoms with E-state index in [4.69, 9.17) is 23.2 Å². The molecule has 0 aromatic carbocycles. The molecule has 0 spiro atoms. The van der Waals surface area contributed by atoms with Gasteiger partial charge in [-0.05, 0) is 25.5 Å². The first-order valence-electron chi connectivity index (χ1n) is 3.53. The van der Waals surface area contributed by atoms with Crippen LogP contribution in [0.2, 0.25) is 0 Å². The predicted molar refractivity (Wildman–Crippen MR) is 52.4 cm³/mol. The van der Waals surface area contributed by atoms with E-state index in [-0.39, 0.29) is 10.3 Å². The Hall–Kier alpha value is -0.340. The van der Waals surface area contributed by atoms with Crippen molar-refractivity contribution in [2.24, 2.45) is 4.99 Å². The summed E-state index contributed by atoms with van der Waals surface area (Å²) in [6, 6.07) is 0. The number of nitrogens with zero attached hydrogens (tertiary/aromatic N) is 1. The van der Waals surface area contributed by atoms with E-state index in [0.717, 1.165) is 6.42 Å². The third-order valence-corrected chi connectivity index (χ3v) is 1.53. The minimum atomic E-state index is -0.570. The van der Waals surface area contributed by atoms with Crippen LogP contribution < -0.4 is 0 Å². The molecule has 0 saturated heterocycles. The summed E-state index contributed by atoms with van der Waals surface area (Å²) in [6.45, 7) is 3.43. The lowest BCUT2D eigenvalue weighted by Crippen LogP contribution is -1.86. The van der Waals surface area contributed by atoms with Crippen molar-refractivity contribution in [1.29, 1.82) is 0 Å². The number of hydrogen-bond donors (Lipinski definition) is 0. The quantitative estimate of drug-likeness (QED) is 0.493. The molecule has 68 valence electrons. The minimum absolute atomic E-state index is 0.208. The second-order valence-corrected chi connectivity index (χ2v) is 2.72. The van der Waals surface area contributed by atoms with Crippen molar-refractivity contribution in [2.75, 3.05) is 0 Å². The minimum Gasteiger partial charge on any atom is -0.222 e. The van der Waals surface area contributed by atoms with Gasteiger partial charge in [-0.15, -0.1) is 0 Å². The number of rotatable bonds is 3. The van der Waals surface area contributed by atoms with Crippen LogP contribution in [0.1, 0.15) is 20.3 Å². The molecule has 0 aliphatic rings. The molecule has 0 unspecified atom stereocenters. The summed E-state index contributed by atoms with van der Waals surface area (Å²) >= 11 is 11.0. The summed E-state index contributed by atoms with van der Waals surface area (Å²) in [6.07, 6.45) is 3.61. The molecule has 0 N–H and O–H groups in total. The van der Waals surface area contributed by atoms with Crippen LogP contribution in [0.5, 0.6) is 0 Å².